The minimum Gasteiger partial charge on any atom is -0.461 e. The lowest BCUT2D eigenvalue weighted by atomic mass is 9.74. The van der Waals surface area contributed by atoms with E-state index in [-0.39, 0.29) is 11.7 Å². The highest BCUT2D eigenvalue weighted by Gasteiger charge is 2.47. The lowest BCUT2D eigenvalue weighted by Crippen LogP contribution is -2.60. The number of amides is 1. The fraction of sp³-hybridized carbons (Fsp3) is 0.895. The minimum atomic E-state index is -0.426. The summed E-state index contributed by atoms with van der Waals surface area (Å²) < 4.78 is 10.7. The van der Waals surface area contributed by atoms with Gasteiger partial charge in [0.05, 0.1) is 0 Å². The number of rotatable bonds is 4. The Labute approximate surface area is 150 Å². The fourth-order valence-corrected chi connectivity index (χ4v) is 4.45. The molecule has 0 radical (unpaired) electrons. The Bertz CT molecular complexity index is 504. The van der Waals surface area contributed by atoms with Crippen LogP contribution >= 0.6 is 0 Å². The average Bonchev–Trinajstić information content (AvgIpc) is 2.41. The number of carbonyl (C=O) groups is 2. The molecular weight excluding hydrogens is 320 g/mol. The highest BCUT2D eigenvalue weighted by atomic mass is 16.6. The molecule has 1 aliphatic carbocycles. The molecule has 1 saturated carbocycles. The zero-order valence-electron chi connectivity index (χ0n) is 16.0. The van der Waals surface area contributed by atoms with Crippen molar-refractivity contribution < 1.29 is 19.1 Å². The zero-order valence-corrected chi connectivity index (χ0v) is 16.0. The van der Waals surface area contributed by atoms with Crippen LogP contribution in [0.2, 0.25) is 0 Å². The maximum atomic E-state index is 12.1. The number of carbonyl (C=O) groups excluding carboxylic acids is 2. The highest BCUT2D eigenvalue weighted by molar-refractivity contribution is 5.69. The van der Waals surface area contributed by atoms with E-state index >= 15 is 0 Å². The van der Waals surface area contributed by atoms with Gasteiger partial charge in [-0.2, -0.15) is 0 Å². The Morgan fingerprint density at radius 3 is 2.44 bits per heavy atom. The van der Waals surface area contributed by atoms with Crippen molar-refractivity contribution in [3.05, 3.63) is 0 Å². The Morgan fingerprint density at radius 1 is 1.16 bits per heavy atom. The van der Waals surface area contributed by atoms with Gasteiger partial charge in [-0.25, -0.2) is 4.79 Å². The standard InChI is InChI=1S/C19H32N2O4/c1-18(2,3)25-17(23)21-11-15(12-21)14-6-5-7-20(10-14)16-8-19(4,9-16)24-13-22/h13-16H,5-12H2,1-4H3/t14-,16?,19?/m0/s1. The molecule has 142 valence electrons. The summed E-state index contributed by atoms with van der Waals surface area (Å²) in [5.41, 5.74) is -0.687. The molecule has 0 bridgehead atoms. The molecule has 0 unspecified atom stereocenters. The van der Waals surface area contributed by atoms with E-state index in [4.69, 9.17) is 9.47 Å². The van der Waals surface area contributed by atoms with Crippen molar-refractivity contribution in [3.8, 4) is 0 Å². The normalized spacial score (nSPS) is 34.0. The van der Waals surface area contributed by atoms with Gasteiger partial charge in [-0.3, -0.25) is 9.69 Å². The predicted molar refractivity (Wildman–Crippen MR) is 94.2 cm³/mol. The molecule has 6 nitrogen and oxygen atoms in total. The summed E-state index contributed by atoms with van der Waals surface area (Å²) in [5, 5.41) is 0. The molecule has 3 rings (SSSR count). The summed E-state index contributed by atoms with van der Waals surface area (Å²) >= 11 is 0. The van der Waals surface area contributed by atoms with Crippen LogP contribution in [0.4, 0.5) is 4.79 Å². The molecule has 0 aromatic carbocycles. The van der Waals surface area contributed by atoms with Gasteiger partial charge in [0, 0.05) is 38.5 Å². The first-order valence-electron chi connectivity index (χ1n) is 9.52. The average molecular weight is 352 g/mol. The monoisotopic (exact) mass is 352 g/mol. The second-order valence-electron chi connectivity index (χ2n) is 9.27. The third-order valence-electron chi connectivity index (χ3n) is 5.90. The van der Waals surface area contributed by atoms with Crippen LogP contribution in [-0.4, -0.2) is 65.8 Å². The molecular formula is C19H32N2O4. The van der Waals surface area contributed by atoms with Crippen molar-refractivity contribution >= 4 is 12.6 Å². The minimum absolute atomic E-state index is 0.183. The fourth-order valence-electron chi connectivity index (χ4n) is 4.45. The van der Waals surface area contributed by atoms with Crippen molar-refractivity contribution in [2.75, 3.05) is 26.2 Å². The molecule has 3 fully saturated rings. The number of hydrogen-bond donors (Lipinski definition) is 0. The maximum Gasteiger partial charge on any atom is 0.410 e. The van der Waals surface area contributed by atoms with Crippen molar-refractivity contribution in [2.45, 2.75) is 70.6 Å². The molecule has 0 aromatic rings. The van der Waals surface area contributed by atoms with Crippen molar-refractivity contribution in [3.63, 3.8) is 0 Å². The van der Waals surface area contributed by atoms with Crippen molar-refractivity contribution in [2.24, 2.45) is 11.8 Å². The summed E-state index contributed by atoms with van der Waals surface area (Å²) in [6.07, 6.45) is 4.16. The first kappa shape index (κ1) is 18.5. The van der Waals surface area contributed by atoms with E-state index < -0.39 is 5.60 Å². The van der Waals surface area contributed by atoms with Crippen LogP contribution in [0.15, 0.2) is 0 Å². The SMILES string of the molecule is CC(C)(C)OC(=O)N1CC([C@H]2CCCN(C3CC(C)(OC=O)C3)C2)C1. The third kappa shape index (κ3) is 4.27. The highest BCUT2D eigenvalue weighted by Crippen LogP contribution is 2.41. The second kappa shape index (κ2) is 6.78. The van der Waals surface area contributed by atoms with Gasteiger partial charge in [0.2, 0.25) is 0 Å². The number of piperidine rings is 1. The lowest BCUT2D eigenvalue weighted by Gasteiger charge is -2.52. The van der Waals surface area contributed by atoms with Crippen LogP contribution in [0.25, 0.3) is 0 Å². The second-order valence-corrected chi connectivity index (χ2v) is 9.27. The summed E-state index contributed by atoms with van der Waals surface area (Å²) in [6.45, 7) is 12.2. The van der Waals surface area contributed by atoms with Crippen LogP contribution in [0.5, 0.6) is 0 Å². The van der Waals surface area contributed by atoms with E-state index in [0.29, 0.717) is 24.3 Å². The van der Waals surface area contributed by atoms with E-state index in [0.717, 1.165) is 39.0 Å². The third-order valence-corrected chi connectivity index (χ3v) is 5.90. The molecule has 1 amide bonds. The van der Waals surface area contributed by atoms with Gasteiger partial charge >= 0.3 is 6.09 Å². The lowest BCUT2D eigenvalue weighted by molar-refractivity contribution is -0.160. The summed E-state index contributed by atoms with van der Waals surface area (Å²) in [5.74, 6) is 1.25. The van der Waals surface area contributed by atoms with E-state index in [1.54, 1.807) is 0 Å². The molecule has 25 heavy (non-hydrogen) atoms. The first-order valence-corrected chi connectivity index (χ1v) is 9.52. The van der Waals surface area contributed by atoms with E-state index in [1.165, 1.54) is 12.8 Å². The van der Waals surface area contributed by atoms with Gasteiger partial charge in [0.1, 0.15) is 11.2 Å². The molecule has 2 heterocycles. The van der Waals surface area contributed by atoms with E-state index in [1.807, 2.05) is 32.6 Å². The first-order chi connectivity index (χ1) is 11.7. The van der Waals surface area contributed by atoms with Gasteiger partial charge in [-0.1, -0.05) is 0 Å². The number of likely N-dealkylation sites (tertiary alicyclic amines) is 2. The smallest absolute Gasteiger partial charge is 0.410 e. The van der Waals surface area contributed by atoms with Gasteiger partial charge in [0.25, 0.3) is 6.47 Å². The molecule has 3 aliphatic rings. The molecule has 1 atom stereocenters. The van der Waals surface area contributed by atoms with Crippen molar-refractivity contribution in [1.29, 1.82) is 0 Å². The summed E-state index contributed by atoms with van der Waals surface area (Å²) in [7, 11) is 0. The Kier molecular flexibility index (Phi) is 5.02. The van der Waals surface area contributed by atoms with E-state index in [2.05, 4.69) is 4.90 Å². The molecule has 0 N–H and O–H groups in total. The van der Waals surface area contributed by atoms with Gasteiger partial charge in [-0.05, 0) is 58.9 Å². The van der Waals surface area contributed by atoms with E-state index in [9.17, 15) is 9.59 Å². The van der Waals surface area contributed by atoms with Gasteiger partial charge < -0.3 is 14.4 Å². The maximum absolute atomic E-state index is 12.1. The number of nitrogens with zero attached hydrogens (tertiary/aromatic N) is 2. The van der Waals surface area contributed by atoms with Crippen LogP contribution in [-0.2, 0) is 14.3 Å². The topological polar surface area (TPSA) is 59.1 Å². The number of ether oxygens (including phenoxy) is 2. The quantitative estimate of drug-likeness (QED) is 0.728. The molecule has 2 saturated heterocycles. The molecule has 0 spiro atoms. The van der Waals surface area contributed by atoms with Crippen LogP contribution in [0.1, 0.15) is 53.4 Å². The van der Waals surface area contributed by atoms with Crippen LogP contribution in [0, 0.1) is 11.8 Å². The molecule has 2 aliphatic heterocycles. The number of hydrogen-bond acceptors (Lipinski definition) is 5. The summed E-state index contributed by atoms with van der Waals surface area (Å²) in [6, 6.07) is 0.537. The Morgan fingerprint density at radius 2 is 1.84 bits per heavy atom. The van der Waals surface area contributed by atoms with Crippen LogP contribution in [0.3, 0.4) is 0 Å². The molecule has 6 heteroatoms. The summed E-state index contributed by atoms with van der Waals surface area (Å²) in [4.78, 5) is 27.1. The van der Waals surface area contributed by atoms with Gasteiger partial charge in [0.15, 0.2) is 0 Å². The van der Waals surface area contributed by atoms with Crippen LogP contribution < -0.4 is 0 Å². The zero-order chi connectivity index (χ0) is 18.2. The Hall–Kier alpha value is -1.30. The van der Waals surface area contributed by atoms with Gasteiger partial charge in [-0.15, -0.1) is 0 Å². The predicted octanol–water partition coefficient (Wildman–Crippen LogP) is 2.66. The van der Waals surface area contributed by atoms with Crippen molar-refractivity contribution in [1.82, 2.24) is 9.80 Å². The Balaban J connectivity index is 1.43. The molecule has 0 aromatic heterocycles. The largest absolute Gasteiger partial charge is 0.461 e.